The SMILES string of the molecule is CC(C)(C)c1ccc(-c2nnc(Cc3ccccc3)o2)cc1. The fourth-order valence-corrected chi connectivity index (χ4v) is 2.32. The summed E-state index contributed by atoms with van der Waals surface area (Å²) in [5, 5.41) is 8.30. The van der Waals surface area contributed by atoms with Crippen LogP contribution in [0.4, 0.5) is 0 Å². The maximum atomic E-state index is 5.78. The number of benzene rings is 2. The van der Waals surface area contributed by atoms with Gasteiger partial charge in [-0.2, -0.15) is 0 Å². The number of aromatic nitrogens is 2. The van der Waals surface area contributed by atoms with Gasteiger partial charge < -0.3 is 4.42 Å². The van der Waals surface area contributed by atoms with Crippen LogP contribution in [0.3, 0.4) is 0 Å². The molecule has 0 saturated heterocycles. The lowest BCUT2D eigenvalue weighted by Crippen LogP contribution is -2.10. The second kappa shape index (κ2) is 5.76. The third-order valence-electron chi connectivity index (χ3n) is 3.66. The normalized spacial score (nSPS) is 11.6. The van der Waals surface area contributed by atoms with Crippen LogP contribution < -0.4 is 0 Å². The molecule has 1 aromatic heterocycles. The molecule has 22 heavy (non-hydrogen) atoms. The summed E-state index contributed by atoms with van der Waals surface area (Å²) in [6, 6.07) is 18.5. The first-order valence-corrected chi connectivity index (χ1v) is 7.49. The molecular weight excluding hydrogens is 272 g/mol. The molecule has 0 bridgehead atoms. The molecular formula is C19H20N2O. The monoisotopic (exact) mass is 292 g/mol. The Balaban J connectivity index is 1.79. The minimum absolute atomic E-state index is 0.145. The molecule has 3 heteroatoms. The van der Waals surface area contributed by atoms with Crippen molar-refractivity contribution in [1.82, 2.24) is 10.2 Å². The zero-order valence-electron chi connectivity index (χ0n) is 13.2. The van der Waals surface area contributed by atoms with E-state index >= 15 is 0 Å². The van der Waals surface area contributed by atoms with Crippen LogP contribution in [0.5, 0.6) is 0 Å². The number of nitrogens with zero attached hydrogens (tertiary/aromatic N) is 2. The second-order valence-electron chi connectivity index (χ2n) is 6.49. The minimum atomic E-state index is 0.145. The molecule has 1 heterocycles. The Hall–Kier alpha value is -2.42. The predicted molar refractivity (Wildman–Crippen MR) is 87.7 cm³/mol. The van der Waals surface area contributed by atoms with E-state index in [0.717, 1.165) is 5.56 Å². The van der Waals surface area contributed by atoms with Crippen molar-refractivity contribution in [3.63, 3.8) is 0 Å². The number of hydrogen-bond acceptors (Lipinski definition) is 3. The van der Waals surface area contributed by atoms with E-state index in [1.165, 1.54) is 11.1 Å². The van der Waals surface area contributed by atoms with E-state index in [-0.39, 0.29) is 5.41 Å². The molecule has 0 aliphatic rings. The largest absolute Gasteiger partial charge is 0.420 e. The molecule has 0 aliphatic heterocycles. The summed E-state index contributed by atoms with van der Waals surface area (Å²) in [5.74, 6) is 1.22. The minimum Gasteiger partial charge on any atom is -0.420 e. The van der Waals surface area contributed by atoms with E-state index in [1.807, 2.05) is 30.3 Å². The second-order valence-corrected chi connectivity index (χ2v) is 6.49. The Morgan fingerprint density at radius 3 is 2.18 bits per heavy atom. The van der Waals surface area contributed by atoms with E-state index in [1.54, 1.807) is 0 Å². The molecule has 2 aromatic carbocycles. The highest BCUT2D eigenvalue weighted by atomic mass is 16.4. The van der Waals surface area contributed by atoms with Gasteiger partial charge in [0.25, 0.3) is 0 Å². The van der Waals surface area contributed by atoms with Gasteiger partial charge in [-0.3, -0.25) is 0 Å². The van der Waals surface area contributed by atoms with E-state index in [0.29, 0.717) is 18.2 Å². The molecule has 0 fully saturated rings. The molecule has 0 aliphatic carbocycles. The third-order valence-corrected chi connectivity index (χ3v) is 3.66. The molecule has 0 N–H and O–H groups in total. The van der Waals surface area contributed by atoms with Crippen LogP contribution in [-0.2, 0) is 11.8 Å². The van der Waals surface area contributed by atoms with Crippen molar-refractivity contribution in [3.8, 4) is 11.5 Å². The summed E-state index contributed by atoms with van der Waals surface area (Å²) in [6.07, 6.45) is 0.661. The van der Waals surface area contributed by atoms with Gasteiger partial charge in [-0.15, -0.1) is 10.2 Å². The highest BCUT2D eigenvalue weighted by Gasteiger charge is 2.14. The lowest BCUT2D eigenvalue weighted by molar-refractivity contribution is 0.518. The zero-order valence-corrected chi connectivity index (χ0v) is 13.2. The molecule has 112 valence electrons. The first kappa shape index (κ1) is 14.5. The van der Waals surface area contributed by atoms with Gasteiger partial charge in [0.2, 0.25) is 11.8 Å². The van der Waals surface area contributed by atoms with Gasteiger partial charge in [-0.05, 0) is 28.7 Å². The summed E-state index contributed by atoms with van der Waals surface area (Å²) >= 11 is 0. The summed E-state index contributed by atoms with van der Waals surface area (Å²) in [6.45, 7) is 6.60. The predicted octanol–water partition coefficient (Wildman–Crippen LogP) is 4.62. The van der Waals surface area contributed by atoms with Crippen molar-refractivity contribution in [2.45, 2.75) is 32.6 Å². The van der Waals surface area contributed by atoms with Crippen LogP contribution in [0, 0.1) is 0 Å². The molecule has 0 unspecified atom stereocenters. The van der Waals surface area contributed by atoms with Crippen molar-refractivity contribution in [3.05, 3.63) is 71.6 Å². The Labute approximate surface area is 131 Å². The van der Waals surface area contributed by atoms with Gasteiger partial charge in [-0.25, -0.2) is 0 Å². The first-order chi connectivity index (χ1) is 10.5. The summed E-state index contributed by atoms with van der Waals surface area (Å²) in [7, 11) is 0. The topological polar surface area (TPSA) is 38.9 Å². The van der Waals surface area contributed by atoms with Gasteiger partial charge in [-0.1, -0.05) is 63.2 Å². The van der Waals surface area contributed by atoms with Crippen LogP contribution in [0.1, 0.15) is 37.8 Å². The Kier molecular flexibility index (Phi) is 3.80. The highest BCUT2D eigenvalue weighted by Crippen LogP contribution is 2.25. The summed E-state index contributed by atoms with van der Waals surface area (Å²) in [4.78, 5) is 0. The Morgan fingerprint density at radius 1 is 0.864 bits per heavy atom. The van der Waals surface area contributed by atoms with E-state index in [9.17, 15) is 0 Å². The average molecular weight is 292 g/mol. The van der Waals surface area contributed by atoms with Crippen molar-refractivity contribution in [1.29, 1.82) is 0 Å². The highest BCUT2D eigenvalue weighted by molar-refractivity contribution is 5.53. The van der Waals surface area contributed by atoms with Crippen LogP contribution >= 0.6 is 0 Å². The lowest BCUT2D eigenvalue weighted by atomic mass is 9.87. The smallest absolute Gasteiger partial charge is 0.247 e. The zero-order chi connectivity index (χ0) is 15.6. The first-order valence-electron chi connectivity index (χ1n) is 7.49. The quantitative estimate of drug-likeness (QED) is 0.706. The van der Waals surface area contributed by atoms with Crippen LogP contribution in [0.15, 0.2) is 59.0 Å². The average Bonchev–Trinajstić information content (AvgIpc) is 2.96. The Bertz CT molecular complexity index is 737. The van der Waals surface area contributed by atoms with Crippen LogP contribution in [-0.4, -0.2) is 10.2 Å². The van der Waals surface area contributed by atoms with Gasteiger partial charge >= 0.3 is 0 Å². The van der Waals surface area contributed by atoms with Gasteiger partial charge in [0.1, 0.15) is 0 Å². The summed E-state index contributed by atoms with van der Waals surface area (Å²) < 4.78 is 5.78. The van der Waals surface area contributed by atoms with E-state index < -0.39 is 0 Å². The van der Waals surface area contributed by atoms with Crippen molar-refractivity contribution in [2.24, 2.45) is 0 Å². The van der Waals surface area contributed by atoms with Gasteiger partial charge in [0.15, 0.2) is 0 Å². The molecule has 0 saturated carbocycles. The van der Waals surface area contributed by atoms with Crippen molar-refractivity contribution < 1.29 is 4.42 Å². The molecule has 3 rings (SSSR count). The van der Waals surface area contributed by atoms with E-state index in [2.05, 4.69) is 55.2 Å². The van der Waals surface area contributed by atoms with Gasteiger partial charge in [0.05, 0.1) is 6.42 Å². The molecule has 3 aromatic rings. The molecule has 0 atom stereocenters. The fourth-order valence-electron chi connectivity index (χ4n) is 2.32. The number of hydrogen-bond donors (Lipinski definition) is 0. The molecule has 0 radical (unpaired) electrons. The van der Waals surface area contributed by atoms with Crippen LogP contribution in [0.25, 0.3) is 11.5 Å². The van der Waals surface area contributed by atoms with Crippen LogP contribution in [0.2, 0.25) is 0 Å². The molecule has 0 amide bonds. The molecule has 3 nitrogen and oxygen atoms in total. The summed E-state index contributed by atoms with van der Waals surface area (Å²) in [5.41, 5.74) is 3.56. The fraction of sp³-hybridized carbons (Fsp3) is 0.263. The van der Waals surface area contributed by atoms with Gasteiger partial charge in [0, 0.05) is 5.56 Å². The van der Waals surface area contributed by atoms with E-state index in [4.69, 9.17) is 4.42 Å². The maximum absolute atomic E-state index is 5.78. The van der Waals surface area contributed by atoms with Crippen molar-refractivity contribution >= 4 is 0 Å². The third kappa shape index (κ3) is 3.25. The standard InChI is InChI=1S/C19H20N2O/c1-19(2,3)16-11-9-15(10-12-16)18-21-20-17(22-18)13-14-7-5-4-6-8-14/h4-12H,13H2,1-3H3. The molecule has 0 spiro atoms. The number of rotatable bonds is 3. The Morgan fingerprint density at radius 2 is 1.55 bits per heavy atom. The van der Waals surface area contributed by atoms with Crippen molar-refractivity contribution in [2.75, 3.05) is 0 Å². The lowest BCUT2D eigenvalue weighted by Gasteiger charge is -2.18. The maximum Gasteiger partial charge on any atom is 0.247 e.